The van der Waals surface area contributed by atoms with Crippen LogP contribution < -0.4 is 4.74 Å². The van der Waals surface area contributed by atoms with E-state index in [-0.39, 0.29) is 28.9 Å². The van der Waals surface area contributed by atoms with Crippen molar-refractivity contribution in [2.24, 2.45) is 0 Å². The molecule has 1 aliphatic rings. The summed E-state index contributed by atoms with van der Waals surface area (Å²) in [5.41, 5.74) is 2.37. The molecule has 178 valence electrons. The Morgan fingerprint density at radius 3 is 2.12 bits per heavy atom. The quantitative estimate of drug-likeness (QED) is 0.334. The van der Waals surface area contributed by atoms with Crippen molar-refractivity contribution in [3.05, 3.63) is 88.0 Å². The summed E-state index contributed by atoms with van der Waals surface area (Å²) in [7, 11) is 0. The van der Waals surface area contributed by atoms with E-state index in [1.165, 1.54) is 18.2 Å². The molecule has 0 saturated heterocycles. The van der Waals surface area contributed by atoms with Crippen molar-refractivity contribution >= 4 is 11.6 Å². The molecular formula is C26H19F7O. The topological polar surface area (TPSA) is 9.23 Å². The first-order chi connectivity index (χ1) is 16.1. The van der Waals surface area contributed by atoms with E-state index in [0.717, 1.165) is 18.4 Å². The van der Waals surface area contributed by atoms with Crippen LogP contribution in [-0.4, -0.2) is 6.36 Å². The van der Waals surface area contributed by atoms with Crippen LogP contribution >= 0.6 is 0 Å². The summed E-state index contributed by atoms with van der Waals surface area (Å²) < 4.78 is 98.6. The summed E-state index contributed by atoms with van der Waals surface area (Å²) in [6.45, 7) is 2.00. The molecule has 0 saturated carbocycles. The van der Waals surface area contributed by atoms with Crippen LogP contribution in [0.15, 0.2) is 42.5 Å². The third kappa shape index (κ3) is 4.81. The van der Waals surface area contributed by atoms with Crippen LogP contribution in [0, 0.1) is 23.3 Å². The van der Waals surface area contributed by atoms with Gasteiger partial charge in [0.15, 0.2) is 11.6 Å². The Hall–Kier alpha value is -3.29. The molecule has 4 rings (SSSR count). The highest BCUT2D eigenvalue weighted by atomic mass is 19.4. The number of fused-ring (bicyclic) bond motifs is 1. The first-order valence-electron chi connectivity index (χ1n) is 10.6. The van der Waals surface area contributed by atoms with Crippen molar-refractivity contribution in [3.8, 4) is 16.9 Å². The third-order valence-corrected chi connectivity index (χ3v) is 5.70. The molecule has 1 nitrogen and oxygen atoms in total. The lowest BCUT2D eigenvalue weighted by atomic mass is 9.86. The van der Waals surface area contributed by atoms with Crippen LogP contribution in [0.2, 0.25) is 0 Å². The fraction of sp³-hybridized carbons (Fsp3) is 0.231. The van der Waals surface area contributed by atoms with Crippen LogP contribution in [0.25, 0.3) is 22.8 Å². The summed E-state index contributed by atoms with van der Waals surface area (Å²) in [6, 6.07) is 9.06. The number of halogens is 7. The molecule has 8 heteroatoms. The van der Waals surface area contributed by atoms with Crippen molar-refractivity contribution in [1.29, 1.82) is 0 Å². The summed E-state index contributed by atoms with van der Waals surface area (Å²) in [5.74, 6) is -5.91. The molecule has 3 aromatic rings. The van der Waals surface area contributed by atoms with E-state index in [9.17, 15) is 26.3 Å². The molecule has 0 fully saturated rings. The lowest BCUT2D eigenvalue weighted by molar-refractivity contribution is -0.276. The van der Waals surface area contributed by atoms with Crippen molar-refractivity contribution in [2.75, 3.05) is 0 Å². The largest absolute Gasteiger partial charge is 0.573 e. The zero-order valence-electron chi connectivity index (χ0n) is 18.0. The van der Waals surface area contributed by atoms with Crippen LogP contribution in [0.1, 0.15) is 42.0 Å². The Labute approximate surface area is 191 Å². The Morgan fingerprint density at radius 1 is 0.824 bits per heavy atom. The Morgan fingerprint density at radius 2 is 1.50 bits per heavy atom. The predicted octanol–water partition coefficient (Wildman–Crippen LogP) is 8.25. The first kappa shape index (κ1) is 23.9. The van der Waals surface area contributed by atoms with Gasteiger partial charge in [-0.3, -0.25) is 0 Å². The molecule has 0 bridgehead atoms. The van der Waals surface area contributed by atoms with Gasteiger partial charge in [0.2, 0.25) is 5.75 Å². The molecule has 0 N–H and O–H groups in total. The highest BCUT2D eigenvalue weighted by Crippen LogP contribution is 2.38. The highest BCUT2D eigenvalue weighted by Gasteiger charge is 2.34. The zero-order valence-corrected chi connectivity index (χ0v) is 18.0. The fourth-order valence-electron chi connectivity index (χ4n) is 4.17. The fourth-order valence-corrected chi connectivity index (χ4v) is 4.17. The van der Waals surface area contributed by atoms with Gasteiger partial charge >= 0.3 is 6.36 Å². The van der Waals surface area contributed by atoms with Crippen molar-refractivity contribution < 1.29 is 35.5 Å². The van der Waals surface area contributed by atoms with E-state index in [1.54, 1.807) is 12.1 Å². The molecule has 0 aromatic heterocycles. The molecule has 34 heavy (non-hydrogen) atoms. The Balaban J connectivity index is 1.69. The maximum Gasteiger partial charge on any atom is 0.573 e. The minimum Gasteiger partial charge on any atom is -0.399 e. The summed E-state index contributed by atoms with van der Waals surface area (Å²) >= 11 is 0. The van der Waals surface area contributed by atoms with Gasteiger partial charge in [0, 0.05) is 11.1 Å². The van der Waals surface area contributed by atoms with Crippen LogP contribution in [0.3, 0.4) is 0 Å². The van der Waals surface area contributed by atoms with E-state index >= 15 is 4.39 Å². The maximum absolute atomic E-state index is 15.3. The SMILES string of the molecule is CCCc1ccc(C2=Cc3ccc(-c4cc(F)c(OC(F)(F)F)c(F)c4)c(F)c3CC2)c(F)c1. The highest BCUT2D eigenvalue weighted by molar-refractivity contribution is 5.85. The molecule has 3 aromatic carbocycles. The second-order valence-corrected chi connectivity index (χ2v) is 8.05. The molecule has 0 radical (unpaired) electrons. The number of aryl methyl sites for hydroxylation is 1. The maximum atomic E-state index is 15.3. The monoisotopic (exact) mass is 480 g/mol. The number of hydrogen-bond donors (Lipinski definition) is 0. The molecule has 0 aliphatic heterocycles. The van der Waals surface area contributed by atoms with E-state index < -0.39 is 29.6 Å². The van der Waals surface area contributed by atoms with Crippen LogP contribution in [-0.2, 0) is 12.8 Å². The van der Waals surface area contributed by atoms with E-state index in [1.807, 2.05) is 13.0 Å². The number of allylic oxidation sites excluding steroid dienone is 1. The average molecular weight is 480 g/mol. The van der Waals surface area contributed by atoms with Gasteiger partial charge < -0.3 is 4.74 Å². The van der Waals surface area contributed by atoms with Crippen molar-refractivity contribution in [1.82, 2.24) is 0 Å². The molecule has 0 unspecified atom stereocenters. The van der Waals surface area contributed by atoms with Gasteiger partial charge in [-0.25, -0.2) is 17.6 Å². The molecule has 1 aliphatic carbocycles. The van der Waals surface area contributed by atoms with Crippen LogP contribution in [0.5, 0.6) is 5.75 Å². The summed E-state index contributed by atoms with van der Waals surface area (Å²) in [4.78, 5) is 0. The molecule has 0 amide bonds. The standard InChI is InChI=1S/C26H19F7O/c1-2-3-14-4-7-18(21(27)10-14)15-5-8-19-16(11-15)6-9-20(24(19)30)17-12-22(28)25(23(29)13-17)34-26(31,32)33/h4,6-7,9-13H,2-3,5,8H2,1H3. The van der Waals surface area contributed by atoms with Gasteiger partial charge in [-0.05, 0) is 65.3 Å². The van der Waals surface area contributed by atoms with Gasteiger partial charge in [0.05, 0.1) is 0 Å². The van der Waals surface area contributed by atoms with E-state index in [0.29, 0.717) is 35.3 Å². The first-order valence-corrected chi connectivity index (χ1v) is 10.6. The Bertz CT molecular complexity index is 1250. The predicted molar refractivity (Wildman–Crippen MR) is 115 cm³/mol. The van der Waals surface area contributed by atoms with Gasteiger partial charge in [-0.2, -0.15) is 0 Å². The zero-order chi connectivity index (χ0) is 24.6. The van der Waals surface area contributed by atoms with Gasteiger partial charge in [-0.15, -0.1) is 13.2 Å². The average Bonchev–Trinajstić information content (AvgIpc) is 2.76. The smallest absolute Gasteiger partial charge is 0.399 e. The lowest BCUT2D eigenvalue weighted by Gasteiger charge is -2.20. The molecular weight excluding hydrogens is 461 g/mol. The van der Waals surface area contributed by atoms with E-state index in [2.05, 4.69) is 4.74 Å². The number of ether oxygens (including phenoxy) is 1. The number of benzene rings is 3. The van der Waals surface area contributed by atoms with E-state index in [4.69, 9.17) is 0 Å². The lowest BCUT2D eigenvalue weighted by Crippen LogP contribution is -2.19. The number of rotatable bonds is 5. The second kappa shape index (κ2) is 9.16. The minimum absolute atomic E-state index is 0.165. The molecule has 0 heterocycles. The normalized spacial score (nSPS) is 13.5. The molecule has 0 spiro atoms. The van der Waals surface area contributed by atoms with Gasteiger partial charge in [0.25, 0.3) is 0 Å². The summed E-state index contributed by atoms with van der Waals surface area (Å²) in [5, 5.41) is 0. The molecule has 0 atom stereocenters. The van der Waals surface area contributed by atoms with Crippen molar-refractivity contribution in [2.45, 2.75) is 39.0 Å². The minimum atomic E-state index is -5.28. The number of alkyl halides is 3. The van der Waals surface area contributed by atoms with Gasteiger partial charge in [0.1, 0.15) is 11.6 Å². The van der Waals surface area contributed by atoms with Gasteiger partial charge in [-0.1, -0.05) is 43.7 Å². The number of hydrogen-bond acceptors (Lipinski definition) is 1. The third-order valence-electron chi connectivity index (χ3n) is 5.70. The second-order valence-electron chi connectivity index (χ2n) is 8.05. The summed E-state index contributed by atoms with van der Waals surface area (Å²) in [6.07, 6.45) is -1.39. The van der Waals surface area contributed by atoms with Crippen LogP contribution in [0.4, 0.5) is 30.7 Å². The Kier molecular flexibility index (Phi) is 6.43. The van der Waals surface area contributed by atoms with Crippen molar-refractivity contribution in [3.63, 3.8) is 0 Å².